The molecule has 1 aliphatic carbocycles. The maximum atomic E-state index is 14.5. The second-order valence-electron chi connectivity index (χ2n) is 11.0. The van der Waals surface area contributed by atoms with Crippen molar-refractivity contribution in [2.75, 3.05) is 57.9 Å². The minimum Gasteiger partial charge on any atom is -0.374 e. The number of anilines is 1. The lowest BCUT2D eigenvalue weighted by molar-refractivity contribution is -0.139. The summed E-state index contributed by atoms with van der Waals surface area (Å²) in [6, 6.07) is 5.12. The van der Waals surface area contributed by atoms with Crippen LogP contribution in [0.25, 0.3) is 0 Å². The fourth-order valence-electron chi connectivity index (χ4n) is 6.73. The van der Waals surface area contributed by atoms with E-state index in [1.165, 1.54) is 0 Å². The quantitative estimate of drug-likeness (QED) is 0.594. The van der Waals surface area contributed by atoms with Crippen LogP contribution in [0, 0.1) is 5.92 Å². The van der Waals surface area contributed by atoms with Gasteiger partial charge in [-0.25, -0.2) is 0 Å². The van der Waals surface area contributed by atoms with E-state index in [1.807, 2.05) is 19.1 Å². The maximum absolute atomic E-state index is 14.5. The van der Waals surface area contributed by atoms with Crippen molar-refractivity contribution in [2.45, 2.75) is 63.2 Å². The average Bonchev–Trinajstić information content (AvgIpc) is 3.46. The summed E-state index contributed by atoms with van der Waals surface area (Å²) in [5.74, 6) is -1.17. The van der Waals surface area contributed by atoms with E-state index in [9.17, 15) is 14.4 Å². The van der Waals surface area contributed by atoms with Gasteiger partial charge in [0.1, 0.15) is 24.9 Å². The summed E-state index contributed by atoms with van der Waals surface area (Å²) >= 11 is 0. The number of primary amides is 1. The minimum absolute atomic E-state index is 0.00219. The summed E-state index contributed by atoms with van der Waals surface area (Å²) in [6.07, 6.45) is 4.31. The van der Waals surface area contributed by atoms with Crippen LogP contribution in [-0.2, 0) is 19.1 Å². The number of hydrogen-bond acceptors (Lipinski definition) is 7. The Morgan fingerprint density at radius 3 is 2.54 bits per heavy atom. The first-order valence-electron chi connectivity index (χ1n) is 13.8. The van der Waals surface area contributed by atoms with Crippen molar-refractivity contribution >= 4 is 23.3 Å². The number of Topliss-reactive ketones (excluding diaryl/α,β-unsaturated/α-hetero) is 1. The lowest BCUT2D eigenvalue weighted by Crippen LogP contribution is -2.46. The molecule has 202 valence electrons. The third-order valence-electron chi connectivity index (χ3n) is 8.69. The van der Waals surface area contributed by atoms with Gasteiger partial charge in [-0.15, -0.1) is 0 Å². The van der Waals surface area contributed by atoms with Gasteiger partial charge in [0.2, 0.25) is 11.8 Å². The maximum Gasteiger partial charge on any atom is 0.249 e. The Hall–Kier alpha value is -2.49. The summed E-state index contributed by atoms with van der Waals surface area (Å²) in [7, 11) is 2.11. The molecule has 3 aliphatic heterocycles. The Balaban J connectivity index is 1.54. The Labute approximate surface area is 219 Å². The topological polar surface area (TPSA) is 105 Å². The van der Waals surface area contributed by atoms with E-state index >= 15 is 0 Å². The molecule has 4 fully saturated rings. The van der Waals surface area contributed by atoms with Crippen molar-refractivity contribution < 1.29 is 23.9 Å². The Morgan fingerprint density at radius 2 is 1.86 bits per heavy atom. The van der Waals surface area contributed by atoms with Gasteiger partial charge in [0.15, 0.2) is 5.78 Å². The highest BCUT2D eigenvalue weighted by Gasteiger charge is 2.54. The molecule has 4 atom stereocenters. The number of amides is 2. The van der Waals surface area contributed by atoms with Gasteiger partial charge in [0, 0.05) is 44.0 Å². The molecule has 9 nitrogen and oxygen atoms in total. The van der Waals surface area contributed by atoms with E-state index in [1.54, 1.807) is 11.0 Å². The molecule has 37 heavy (non-hydrogen) atoms. The summed E-state index contributed by atoms with van der Waals surface area (Å²) < 4.78 is 11.7. The van der Waals surface area contributed by atoms with Crippen molar-refractivity contribution in [3.63, 3.8) is 0 Å². The molecule has 3 saturated heterocycles. The predicted molar refractivity (Wildman–Crippen MR) is 140 cm³/mol. The number of hydrogen-bond donors (Lipinski definition) is 1. The standard InChI is InChI=1S/C28H40N4O5/c1-3-36-23-16-32(25-22(33)17-37-26(23)25)28(35)24(18-7-5-4-6-8-18)21-15-19(9-10-20(21)27(29)34)31-13-11-30(2)12-14-31/h9-10,15,18,23-26H,3-8,11-14,16-17H2,1-2H3,(H2,29,34)/t23-,24-,25+,26+/m0/s1. The highest BCUT2D eigenvalue weighted by molar-refractivity contribution is 5.99. The van der Waals surface area contributed by atoms with Gasteiger partial charge in [-0.3, -0.25) is 14.4 Å². The molecule has 0 radical (unpaired) electrons. The summed E-state index contributed by atoms with van der Waals surface area (Å²) in [5, 5.41) is 0. The molecule has 4 aliphatic rings. The first-order chi connectivity index (χ1) is 17.9. The number of carbonyl (C=O) groups is 3. The first kappa shape index (κ1) is 26.1. The van der Waals surface area contributed by atoms with Crippen LogP contribution in [0.4, 0.5) is 5.69 Å². The summed E-state index contributed by atoms with van der Waals surface area (Å²) in [4.78, 5) is 46.3. The van der Waals surface area contributed by atoms with Gasteiger partial charge in [-0.2, -0.15) is 0 Å². The molecule has 1 saturated carbocycles. The molecular formula is C28H40N4O5. The zero-order valence-corrected chi connectivity index (χ0v) is 22.1. The predicted octanol–water partition coefficient (Wildman–Crippen LogP) is 1.79. The van der Waals surface area contributed by atoms with Crippen molar-refractivity contribution in [1.29, 1.82) is 0 Å². The van der Waals surface area contributed by atoms with Crippen LogP contribution < -0.4 is 10.6 Å². The van der Waals surface area contributed by atoms with Crippen LogP contribution in [0.1, 0.15) is 60.9 Å². The van der Waals surface area contributed by atoms with E-state index in [4.69, 9.17) is 15.2 Å². The van der Waals surface area contributed by atoms with Gasteiger partial charge in [0.25, 0.3) is 0 Å². The summed E-state index contributed by atoms with van der Waals surface area (Å²) in [5.41, 5.74) is 7.98. The SMILES string of the molecule is CCO[C@H]1CN(C(=O)[C@H](c2cc(N3CCN(C)CC3)ccc2C(N)=O)C2CCCCC2)[C@@H]2C(=O)CO[C@H]12. The molecule has 2 amide bonds. The van der Waals surface area contributed by atoms with E-state index in [2.05, 4.69) is 16.8 Å². The van der Waals surface area contributed by atoms with Crippen molar-refractivity contribution in [3.8, 4) is 0 Å². The Bertz CT molecular complexity index is 1020. The number of ether oxygens (including phenoxy) is 2. The van der Waals surface area contributed by atoms with Crippen LogP contribution in [0.15, 0.2) is 18.2 Å². The van der Waals surface area contributed by atoms with Crippen molar-refractivity contribution in [3.05, 3.63) is 29.3 Å². The molecule has 0 spiro atoms. The molecule has 1 aromatic carbocycles. The number of nitrogens with zero attached hydrogens (tertiary/aromatic N) is 3. The van der Waals surface area contributed by atoms with Crippen LogP contribution >= 0.6 is 0 Å². The fraction of sp³-hybridized carbons (Fsp3) is 0.679. The highest BCUT2D eigenvalue weighted by atomic mass is 16.6. The number of likely N-dealkylation sites (tertiary alicyclic amines) is 1. The van der Waals surface area contributed by atoms with Crippen molar-refractivity contribution in [2.24, 2.45) is 11.7 Å². The van der Waals surface area contributed by atoms with Gasteiger partial charge in [0.05, 0.1) is 12.5 Å². The Kier molecular flexibility index (Phi) is 7.83. The van der Waals surface area contributed by atoms with Gasteiger partial charge >= 0.3 is 0 Å². The van der Waals surface area contributed by atoms with Crippen LogP contribution in [0.2, 0.25) is 0 Å². The molecule has 0 aromatic heterocycles. The normalized spacial score (nSPS) is 27.9. The van der Waals surface area contributed by atoms with E-state index in [-0.39, 0.29) is 30.3 Å². The lowest BCUT2D eigenvalue weighted by Gasteiger charge is -2.37. The monoisotopic (exact) mass is 512 g/mol. The number of nitrogens with two attached hydrogens (primary N) is 1. The van der Waals surface area contributed by atoms with Crippen LogP contribution in [0.5, 0.6) is 0 Å². The molecule has 2 N–H and O–H groups in total. The molecule has 9 heteroatoms. The summed E-state index contributed by atoms with van der Waals surface area (Å²) in [6.45, 7) is 6.38. The molecule has 0 bridgehead atoms. The second-order valence-corrected chi connectivity index (χ2v) is 11.0. The first-order valence-corrected chi connectivity index (χ1v) is 13.8. The fourth-order valence-corrected chi connectivity index (χ4v) is 6.73. The molecule has 0 unspecified atom stereocenters. The van der Waals surface area contributed by atoms with Gasteiger partial charge in [-0.1, -0.05) is 19.3 Å². The van der Waals surface area contributed by atoms with E-state index in [0.717, 1.165) is 64.0 Å². The zero-order chi connectivity index (χ0) is 26.1. The molecular weight excluding hydrogens is 472 g/mol. The minimum atomic E-state index is -0.631. The second kappa shape index (κ2) is 11.1. The zero-order valence-electron chi connectivity index (χ0n) is 22.1. The number of ketones is 1. The largest absolute Gasteiger partial charge is 0.374 e. The number of likely N-dealkylation sites (N-methyl/N-ethyl adjacent to an activating group) is 1. The molecule has 5 rings (SSSR count). The third-order valence-corrected chi connectivity index (χ3v) is 8.69. The number of carbonyl (C=O) groups excluding carboxylic acids is 3. The Morgan fingerprint density at radius 1 is 1.14 bits per heavy atom. The number of rotatable bonds is 7. The molecule has 3 heterocycles. The number of fused-ring (bicyclic) bond motifs is 1. The van der Waals surface area contributed by atoms with Gasteiger partial charge < -0.3 is 29.9 Å². The highest BCUT2D eigenvalue weighted by Crippen LogP contribution is 2.42. The third kappa shape index (κ3) is 5.13. The van der Waals surface area contributed by atoms with E-state index in [0.29, 0.717) is 24.3 Å². The van der Waals surface area contributed by atoms with Gasteiger partial charge in [-0.05, 0) is 56.5 Å². The number of piperazine rings is 1. The smallest absolute Gasteiger partial charge is 0.249 e. The number of benzene rings is 1. The van der Waals surface area contributed by atoms with E-state index < -0.39 is 24.0 Å². The lowest BCUT2D eigenvalue weighted by atomic mass is 9.74. The van der Waals surface area contributed by atoms with Crippen LogP contribution in [-0.4, -0.2) is 98.6 Å². The van der Waals surface area contributed by atoms with Crippen molar-refractivity contribution in [1.82, 2.24) is 9.80 Å². The molecule has 1 aromatic rings. The average molecular weight is 513 g/mol. The van der Waals surface area contributed by atoms with Crippen LogP contribution in [0.3, 0.4) is 0 Å².